The van der Waals surface area contributed by atoms with Crippen molar-refractivity contribution in [3.63, 3.8) is 0 Å². The van der Waals surface area contributed by atoms with Crippen LogP contribution in [0, 0.1) is 12.7 Å². The third kappa shape index (κ3) is 2.80. The van der Waals surface area contributed by atoms with Gasteiger partial charge in [0.25, 0.3) is 0 Å². The number of nitrogens with one attached hydrogen (secondary N) is 1. The van der Waals surface area contributed by atoms with E-state index in [1.807, 2.05) is 19.1 Å². The second kappa shape index (κ2) is 5.53. The molecule has 94 valence electrons. The molecule has 0 aliphatic heterocycles. The van der Waals surface area contributed by atoms with E-state index in [-0.39, 0.29) is 11.6 Å². The minimum absolute atomic E-state index is 0.267. The first-order valence-electron chi connectivity index (χ1n) is 5.86. The van der Waals surface area contributed by atoms with Gasteiger partial charge in [-0.15, -0.1) is 0 Å². The highest BCUT2D eigenvalue weighted by molar-refractivity contribution is 5.38. The number of halogens is 1. The van der Waals surface area contributed by atoms with Gasteiger partial charge in [0.05, 0.1) is 5.69 Å². The summed E-state index contributed by atoms with van der Waals surface area (Å²) in [5.41, 5.74) is 1.37. The number of hydrogen-bond donors (Lipinski definition) is 1. The first-order chi connectivity index (χ1) is 8.70. The molecule has 0 atom stereocenters. The zero-order chi connectivity index (χ0) is 13.0. The standard InChI is InChI=1S/C13H15FN4/c1-3-16-13-12(14)9(2)17-11(18-13)7-10-5-4-6-15-8-10/h4-6,8H,3,7H2,1-2H3,(H,16,17,18). The van der Waals surface area contributed by atoms with E-state index in [0.717, 1.165) is 5.56 Å². The second-order valence-corrected chi connectivity index (χ2v) is 3.96. The van der Waals surface area contributed by atoms with Gasteiger partial charge in [-0.05, 0) is 25.5 Å². The van der Waals surface area contributed by atoms with Crippen molar-refractivity contribution in [2.24, 2.45) is 0 Å². The van der Waals surface area contributed by atoms with E-state index in [1.54, 1.807) is 19.3 Å². The third-order valence-corrected chi connectivity index (χ3v) is 2.49. The predicted octanol–water partition coefficient (Wildman–Crippen LogP) is 2.34. The number of aryl methyl sites for hydroxylation is 1. The highest BCUT2D eigenvalue weighted by Gasteiger charge is 2.10. The molecule has 2 rings (SSSR count). The lowest BCUT2D eigenvalue weighted by Gasteiger charge is -2.08. The molecule has 0 bridgehead atoms. The molecule has 0 saturated heterocycles. The van der Waals surface area contributed by atoms with Crippen LogP contribution in [0.5, 0.6) is 0 Å². The molecule has 0 unspecified atom stereocenters. The molecule has 1 N–H and O–H groups in total. The molecule has 0 saturated carbocycles. The number of rotatable bonds is 4. The van der Waals surface area contributed by atoms with Gasteiger partial charge >= 0.3 is 0 Å². The average molecular weight is 246 g/mol. The summed E-state index contributed by atoms with van der Waals surface area (Å²) in [5.74, 6) is 0.480. The van der Waals surface area contributed by atoms with Crippen LogP contribution in [0.2, 0.25) is 0 Å². The highest BCUT2D eigenvalue weighted by atomic mass is 19.1. The molecule has 0 spiro atoms. The minimum Gasteiger partial charge on any atom is -0.368 e. The van der Waals surface area contributed by atoms with Crippen molar-refractivity contribution in [2.45, 2.75) is 20.3 Å². The maximum absolute atomic E-state index is 13.7. The minimum atomic E-state index is -0.383. The summed E-state index contributed by atoms with van der Waals surface area (Å²) in [6.45, 7) is 4.17. The molecule has 0 radical (unpaired) electrons. The molecule has 0 aliphatic carbocycles. The maximum atomic E-state index is 13.7. The van der Waals surface area contributed by atoms with Crippen LogP contribution in [0.3, 0.4) is 0 Å². The number of pyridine rings is 1. The van der Waals surface area contributed by atoms with Crippen LogP contribution >= 0.6 is 0 Å². The van der Waals surface area contributed by atoms with Crippen LogP contribution in [0.4, 0.5) is 10.2 Å². The fourth-order valence-electron chi connectivity index (χ4n) is 1.67. The van der Waals surface area contributed by atoms with E-state index in [9.17, 15) is 4.39 Å². The van der Waals surface area contributed by atoms with Crippen molar-refractivity contribution in [3.05, 3.63) is 47.4 Å². The predicted molar refractivity (Wildman–Crippen MR) is 67.9 cm³/mol. The van der Waals surface area contributed by atoms with Crippen LogP contribution in [0.1, 0.15) is 24.0 Å². The average Bonchev–Trinajstić information content (AvgIpc) is 2.37. The summed E-state index contributed by atoms with van der Waals surface area (Å²) in [4.78, 5) is 12.4. The third-order valence-electron chi connectivity index (χ3n) is 2.49. The summed E-state index contributed by atoms with van der Waals surface area (Å²) in [5, 5.41) is 2.90. The van der Waals surface area contributed by atoms with Gasteiger partial charge in [-0.2, -0.15) is 0 Å². The lowest BCUT2D eigenvalue weighted by molar-refractivity contribution is 0.601. The van der Waals surface area contributed by atoms with Gasteiger partial charge in [-0.25, -0.2) is 14.4 Å². The fourth-order valence-corrected chi connectivity index (χ4v) is 1.67. The maximum Gasteiger partial charge on any atom is 0.186 e. The Labute approximate surface area is 105 Å². The lowest BCUT2D eigenvalue weighted by Crippen LogP contribution is -2.09. The topological polar surface area (TPSA) is 50.7 Å². The Morgan fingerprint density at radius 3 is 2.83 bits per heavy atom. The lowest BCUT2D eigenvalue weighted by atomic mass is 10.2. The zero-order valence-corrected chi connectivity index (χ0v) is 10.4. The van der Waals surface area contributed by atoms with Crippen molar-refractivity contribution in [2.75, 3.05) is 11.9 Å². The highest BCUT2D eigenvalue weighted by Crippen LogP contribution is 2.15. The molecule has 0 aromatic carbocycles. The van der Waals surface area contributed by atoms with E-state index < -0.39 is 0 Å². The molecular formula is C13H15FN4. The van der Waals surface area contributed by atoms with Crippen molar-refractivity contribution in [3.8, 4) is 0 Å². The molecule has 2 aromatic heterocycles. The van der Waals surface area contributed by atoms with Crippen LogP contribution in [0.25, 0.3) is 0 Å². The van der Waals surface area contributed by atoms with Gasteiger partial charge in [0, 0.05) is 25.4 Å². The molecule has 5 heteroatoms. The summed E-state index contributed by atoms with van der Waals surface area (Å²) < 4.78 is 13.7. The second-order valence-electron chi connectivity index (χ2n) is 3.96. The number of aromatic nitrogens is 3. The molecule has 2 aromatic rings. The summed E-state index contributed by atoms with van der Waals surface area (Å²) in [7, 11) is 0. The van der Waals surface area contributed by atoms with Gasteiger partial charge < -0.3 is 5.32 Å². The molecule has 0 fully saturated rings. The summed E-state index contributed by atoms with van der Waals surface area (Å²) in [6.07, 6.45) is 4.02. The first-order valence-corrected chi connectivity index (χ1v) is 5.86. The first kappa shape index (κ1) is 12.4. The van der Waals surface area contributed by atoms with Crippen molar-refractivity contribution in [1.82, 2.24) is 15.0 Å². The number of nitrogens with zero attached hydrogens (tertiary/aromatic N) is 3. The van der Waals surface area contributed by atoms with Crippen LogP contribution in [-0.2, 0) is 6.42 Å². The Kier molecular flexibility index (Phi) is 3.82. The largest absolute Gasteiger partial charge is 0.368 e. The van der Waals surface area contributed by atoms with Crippen LogP contribution in [0.15, 0.2) is 24.5 Å². The quantitative estimate of drug-likeness (QED) is 0.899. The molecule has 0 aliphatic rings. The van der Waals surface area contributed by atoms with E-state index in [0.29, 0.717) is 24.5 Å². The van der Waals surface area contributed by atoms with Crippen LogP contribution < -0.4 is 5.32 Å². The Bertz CT molecular complexity index is 528. The Balaban J connectivity index is 2.28. The summed E-state index contributed by atoms with van der Waals surface area (Å²) in [6, 6.07) is 3.80. The molecule has 18 heavy (non-hydrogen) atoms. The van der Waals surface area contributed by atoms with E-state index in [1.165, 1.54) is 0 Å². The van der Waals surface area contributed by atoms with E-state index in [2.05, 4.69) is 20.3 Å². The fraction of sp³-hybridized carbons (Fsp3) is 0.308. The molecule has 4 nitrogen and oxygen atoms in total. The van der Waals surface area contributed by atoms with Gasteiger partial charge in [-0.1, -0.05) is 6.07 Å². The van der Waals surface area contributed by atoms with Gasteiger partial charge in [-0.3, -0.25) is 4.98 Å². The number of hydrogen-bond acceptors (Lipinski definition) is 4. The molecule has 0 amide bonds. The Morgan fingerprint density at radius 1 is 1.33 bits per heavy atom. The molecule has 2 heterocycles. The summed E-state index contributed by atoms with van der Waals surface area (Å²) >= 11 is 0. The SMILES string of the molecule is CCNc1nc(Cc2cccnc2)nc(C)c1F. The molecular weight excluding hydrogens is 231 g/mol. The smallest absolute Gasteiger partial charge is 0.186 e. The monoisotopic (exact) mass is 246 g/mol. The van der Waals surface area contributed by atoms with Crippen molar-refractivity contribution in [1.29, 1.82) is 0 Å². The van der Waals surface area contributed by atoms with Crippen molar-refractivity contribution >= 4 is 5.82 Å². The number of anilines is 1. The van der Waals surface area contributed by atoms with E-state index in [4.69, 9.17) is 0 Å². The Hall–Kier alpha value is -2.04. The van der Waals surface area contributed by atoms with Crippen LogP contribution in [-0.4, -0.2) is 21.5 Å². The van der Waals surface area contributed by atoms with Gasteiger partial charge in [0.1, 0.15) is 5.82 Å². The van der Waals surface area contributed by atoms with E-state index >= 15 is 0 Å². The van der Waals surface area contributed by atoms with Gasteiger partial charge in [0.2, 0.25) is 0 Å². The zero-order valence-electron chi connectivity index (χ0n) is 10.4. The van der Waals surface area contributed by atoms with Crippen molar-refractivity contribution < 1.29 is 4.39 Å². The normalized spacial score (nSPS) is 10.4. The Morgan fingerprint density at radius 2 is 2.17 bits per heavy atom. The van der Waals surface area contributed by atoms with Gasteiger partial charge in [0.15, 0.2) is 11.6 Å².